The Morgan fingerprint density at radius 1 is 1.20 bits per heavy atom. The fourth-order valence-corrected chi connectivity index (χ4v) is 4.48. The van der Waals surface area contributed by atoms with Crippen LogP contribution in [0.3, 0.4) is 0 Å². The number of hydrogen-bond donors (Lipinski definition) is 1. The predicted octanol–water partition coefficient (Wildman–Crippen LogP) is 3.78. The molecule has 0 aliphatic rings. The third kappa shape index (κ3) is 3.93. The predicted molar refractivity (Wildman–Crippen MR) is 103 cm³/mol. The van der Waals surface area contributed by atoms with E-state index >= 15 is 0 Å². The van der Waals surface area contributed by atoms with E-state index in [0.717, 1.165) is 5.69 Å². The van der Waals surface area contributed by atoms with Gasteiger partial charge in [0.05, 0.1) is 28.3 Å². The smallest absolute Gasteiger partial charge is 0.265 e. The molecule has 0 atom stereocenters. The van der Waals surface area contributed by atoms with Crippen LogP contribution >= 0.6 is 11.6 Å². The first-order valence-corrected chi connectivity index (χ1v) is 9.77. The molecule has 0 unspecified atom stereocenters. The Labute approximate surface area is 154 Å². The molecule has 0 saturated carbocycles. The largest absolute Gasteiger partial charge is 0.376 e. The zero-order valence-corrected chi connectivity index (χ0v) is 17.2. The molecule has 0 spiro atoms. The number of nitrogens with zero attached hydrogens (tertiary/aromatic N) is 3. The number of aryl methyl sites for hydroxylation is 1. The fourth-order valence-electron chi connectivity index (χ4n) is 2.85. The Balaban J connectivity index is 2.56. The van der Waals surface area contributed by atoms with Crippen LogP contribution in [0.5, 0.6) is 0 Å². The SMILES string of the molecule is Cc1nn(C(C)(C)C)c(C)c1S(=O)(=O)Nc1cc(Cl)ccc1N(C)C. The molecule has 0 saturated heterocycles. The Bertz CT molecular complexity index is 896. The van der Waals surface area contributed by atoms with Gasteiger partial charge in [-0.3, -0.25) is 9.40 Å². The van der Waals surface area contributed by atoms with Crippen molar-refractivity contribution in [2.75, 3.05) is 23.7 Å². The van der Waals surface area contributed by atoms with Crippen molar-refractivity contribution in [2.45, 2.75) is 45.1 Å². The Morgan fingerprint density at radius 2 is 1.80 bits per heavy atom. The summed E-state index contributed by atoms with van der Waals surface area (Å²) in [5.74, 6) is 0. The normalized spacial score (nSPS) is 12.3. The van der Waals surface area contributed by atoms with Crippen LogP contribution < -0.4 is 9.62 Å². The van der Waals surface area contributed by atoms with Crippen LogP contribution in [0.15, 0.2) is 23.1 Å². The first kappa shape index (κ1) is 19.6. The Kier molecular flexibility index (Phi) is 5.12. The molecule has 2 rings (SSSR count). The third-order valence-corrected chi connectivity index (χ3v) is 5.67. The molecule has 8 heteroatoms. The topological polar surface area (TPSA) is 67.2 Å². The lowest BCUT2D eigenvalue weighted by atomic mass is 10.1. The lowest BCUT2D eigenvalue weighted by molar-refractivity contribution is 0.345. The number of halogens is 1. The number of hydrogen-bond acceptors (Lipinski definition) is 4. The second kappa shape index (κ2) is 6.53. The highest BCUT2D eigenvalue weighted by atomic mass is 35.5. The molecule has 1 aromatic carbocycles. The van der Waals surface area contributed by atoms with Gasteiger partial charge in [0.15, 0.2) is 0 Å². The maximum atomic E-state index is 13.0. The molecule has 0 amide bonds. The molecule has 1 aromatic heterocycles. The van der Waals surface area contributed by atoms with Crippen LogP contribution in [0.2, 0.25) is 5.02 Å². The van der Waals surface area contributed by atoms with Crippen molar-refractivity contribution in [2.24, 2.45) is 0 Å². The molecular formula is C17H25ClN4O2S. The van der Waals surface area contributed by atoms with Crippen LogP contribution in [-0.2, 0) is 15.6 Å². The molecule has 1 heterocycles. The Hall–Kier alpha value is -1.73. The molecule has 138 valence electrons. The second-order valence-electron chi connectivity index (χ2n) is 7.24. The van der Waals surface area contributed by atoms with Gasteiger partial charge in [-0.15, -0.1) is 0 Å². The summed E-state index contributed by atoms with van der Waals surface area (Å²) in [5, 5.41) is 4.89. The lowest BCUT2D eigenvalue weighted by Gasteiger charge is -2.22. The maximum Gasteiger partial charge on any atom is 0.265 e. The van der Waals surface area contributed by atoms with Crippen molar-refractivity contribution in [3.05, 3.63) is 34.6 Å². The van der Waals surface area contributed by atoms with E-state index < -0.39 is 10.0 Å². The molecular weight excluding hydrogens is 360 g/mol. The number of benzene rings is 1. The second-order valence-corrected chi connectivity index (χ2v) is 9.30. The first-order valence-electron chi connectivity index (χ1n) is 7.91. The molecule has 0 radical (unpaired) electrons. The number of rotatable bonds is 4. The molecule has 6 nitrogen and oxygen atoms in total. The van der Waals surface area contributed by atoms with E-state index in [2.05, 4.69) is 9.82 Å². The monoisotopic (exact) mass is 384 g/mol. The van der Waals surface area contributed by atoms with Gasteiger partial charge in [-0.1, -0.05) is 11.6 Å². The van der Waals surface area contributed by atoms with Gasteiger partial charge in [0.2, 0.25) is 0 Å². The van der Waals surface area contributed by atoms with Gasteiger partial charge in [0.1, 0.15) is 4.90 Å². The van der Waals surface area contributed by atoms with Crippen molar-refractivity contribution in [3.8, 4) is 0 Å². The standard InChI is InChI=1S/C17H25ClN4O2S/c1-11-16(12(2)22(19-11)17(3,4)5)25(23,24)20-14-10-13(18)8-9-15(14)21(6)7/h8-10,20H,1-7H3. The van der Waals surface area contributed by atoms with Gasteiger partial charge in [-0.2, -0.15) is 5.10 Å². The summed E-state index contributed by atoms with van der Waals surface area (Å²) in [6.45, 7) is 9.42. The lowest BCUT2D eigenvalue weighted by Crippen LogP contribution is -2.25. The zero-order valence-electron chi connectivity index (χ0n) is 15.7. The van der Waals surface area contributed by atoms with Crippen LogP contribution in [-0.4, -0.2) is 32.3 Å². The van der Waals surface area contributed by atoms with Crippen molar-refractivity contribution in [3.63, 3.8) is 0 Å². The summed E-state index contributed by atoms with van der Waals surface area (Å²) < 4.78 is 30.5. The molecule has 1 N–H and O–H groups in total. The summed E-state index contributed by atoms with van der Waals surface area (Å²) in [6, 6.07) is 5.11. The maximum absolute atomic E-state index is 13.0. The third-order valence-electron chi connectivity index (χ3n) is 3.81. The minimum Gasteiger partial charge on any atom is -0.376 e. The minimum atomic E-state index is -3.81. The average Bonchev–Trinajstić information content (AvgIpc) is 2.73. The molecule has 25 heavy (non-hydrogen) atoms. The van der Waals surface area contributed by atoms with Gasteiger partial charge in [0.25, 0.3) is 10.0 Å². The highest BCUT2D eigenvalue weighted by molar-refractivity contribution is 7.92. The van der Waals surface area contributed by atoms with Crippen LogP contribution in [0, 0.1) is 13.8 Å². The highest BCUT2D eigenvalue weighted by Crippen LogP contribution is 2.32. The van der Waals surface area contributed by atoms with Crippen molar-refractivity contribution >= 4 is 33.0 Å². The minimum absolute atomic E-state index is 0.201. The van der Waals surface area contributed by atoms with E-state index in [1.807, 2.05) is 39.8 Å². The molecule has 2 aromatic rings. The molecule has 0 bridgehead atoms. The number of sulfonamides is 1. The highest BCUT2D eigenvalue weighted by Gasteiger charge is 2.29. The summed E-state index contributed by atoms with van der Waals surface area (Å²) in [4.78, 5) is 2.03. The average molecular weight is 385 g/mol. The van der Waals surface area contributed by atoms with E-state index in [4.69, 9.17) is 11.6 Å². The molecule has 0 aliphatic heterocycles. The molecule has 0 fully saturated rings. The zero-order chi connectivity index (χ0) is 19.2. The quantitative estimate of drug-likeness (QED) is 0.871. The van der Waals surface area contributed by atoms with Crippen LogP contribution in [0.25, 0.3) is 0 Å². The van der Waals surface area contributed by atoms with Crippen molar-refractivity contribution in [1.29, 1.82) is 0 Å². The number of anilines is 2. The van der Waals surface area contributed by atoms with Gasteiger partial charge in [0, 0.05) is 19.1 Å². The fraction of sp³-hybridized carbons (Fsp3) is 0.471. The van der Waals surface area contributed by atoms with Gasteiger partial charge in [-0.05, 0) is 52.8 Å². The number of nitrogens with one attached hydrogen (secondary N) is 1. The van der Waals surface area contributed by atoms with Crippen LogP contribution in [0.1, 0.15) is 32.2 Å². The number of aromatic nitrogens is 2. The van der Waals surface area contributed by atoms with Crippen LogP contribution in [0.4, 0.5) is 11.4 Å². The summed E-state index contributed by atoms with van der Waals surface area (Å²) >= 11 is 6.05. The van der Waals surface area contributed by atoms with Gasteiger partial charge < -0.3 is 4.90 Å². The van der Waals surface area contributed by atoms with E-state index in [0.29, 0.717) is 22.1 Å². The van der Waals surface area contributed by atoms with Crippen molar-refractivity contribution < 1.29 is 8.42 Å². The van der Waals surface area contributed by atoms with E-state index in [9.17, 15) is 8.42 Å². The summed E-state index contributed by atoms with van der Waals surface area (Å²) in [7, 11) is -0.121. The first-order chi connectivity index (χ1) is 11.3. The van der Waals surface area contributed by atoms with Gasteiger partial charge >= 0.3 is 0 Å². The van der Waals surface area contributed by atoms with E-state index in [-0.39, 0.29) is 10.4 Å². The summed E-state index contributed by atoms with van der Waals surface area (Å²) in [5.41, 5.74) is 1.92. The van der Waals surface area contributed by atoms with Gasteiger partial charge in [-0.25, -0.2) is 8.42 Å². The molecule has 0 aliphatic carbocycles. The Morgan fingerprint density at radius 3 is 2.28 bits per heavy atom. The van der Waals surface area contributed by atoms with Crippen molar-refractivity contribution in [1.82, 2.24) is 9.78 Å². The van der Waals surface area contributed by atoms with E-state index in [1.54, 1.807) is 36.7 Å². The van der Waals surface area contributed by atoms with E-state index in [1.165, 1.54) is 0 Å². The summed E-state index contributed by atoms with van der Waals surface area (Å²) in [6.07, 6.45) is 0.